The number of rotatable bonds is 4. The average Bonchev–Trinajstić information content (AvgIpc) is 2.27. The van der Waals surface area contributed by atoms with Gasteiger partial charge in [0.05, 0.1) is 6.54 Å². The number of likely N-dealkylation sites (N-methyl/N-ethyl adjacent to an activating group) is 2. The van der Waals surface area contributed by atoms with E-state index in [0.29, 0.717) is 10.8 Å². The molecule has 2 N–H and O–H groups in total. The largest absolute Gasteiger partial charge is 0.389 e. The SMILES string of the molecule is Cc1cc(C(N)=S)cc(N(C)CC(=O)N(C)C)n1. The Bertz CT molecular complexity index is 473. The Morgan fingerprint density at radius 3 is 2.50 bits per heavy atom. The lowest BCUT2D eigenvalue weighted by Gasteiger charge is -2.21. The van der Waals surface area contributed by atoms with Gasteiger partial charge in [-0.3, -0.25) is 4.79 Å². The number of nitrogens with zero attached hydrogens (tertiary/aromatic N) is 3. The second kappa shape index (κ2) is 5.77. The number of carbonyl (C=O) groups is 1. The summed E-state index contributed by atoms with van der Waals surface area (Å²) in [7, 11) is 5.26. The molecule has 0 radical (unpaired) electrons. The maximum Gasteiger partial charge on any atom is 0.241 e. The molecule has 1 heterocycles. The third-order valence-electron chi connectivity index (χ3n) is 2.49. The zero-order valence-electron chi connectivity index (χ0n) is 11.1. The van der Waals surface area contributed by atoms with Gasteiger partial charge < -0.3 is 15.5 Å². The molecule has 0 aliphatic heterocycles. The minimum Gasteiger partial charge on any atom is -0.389 e. The van der Waals surface area contributed by atoms with Gasteiger partial charge in [0.25, 0.3) is 0 Å². The monoisotopic (exact) mass is 266 g/mol. The fraction of sp³-hybridized carbons (Fsp3) is 0.417. The molecule has 1 amide bonds. The highest BCUT2D eigenvalue weighted by Crippen LogP contribution is 2.13. The molecule has 0 saturated carbocycles. The lowest BCUT2D eigenvalue weighted by atomic mass is 10.2. The summed E-state index contributed by atoms with van der Waals surface area (Å²) in [4.78, 5) is 19.7. The molecule has 0 spiro atoms. The number of hydrogen-bond donors (Lipinski definition) is 1. The van der Waals surface area contributed by atoms with Gasteiger partial charge in [-0.05, 0) is 19.1 Å². The van der Waals surface area contributed by atoms with Crippen LogP contribution >= 0.6 is 12.2 Å². The van der Waals surface area contributed by atoms with Crippen molar-refractivity contribution in [1.29, 1.82) is 0 Å². The van der Waals surface area contributed by atoms with Gasteiger partial charge in [-0.2, -0.15) is 0 Å². The zero-order valence-corrected chi connectivity index (χ0v) is 11.9. The fourth-order valence-electron chi connectivity index (χ4n) is 1.41. The maximum absolute atomic E-state index is 11.6. The van der Waals surface area contributed by atoms with E-state index < -0.39 is 0 Å². The van der Waals surface area contributed by atoms with Gasteiger partial charge >= 0.3 is 0 Å². The van der Waals surface area contributed by atoms with Crippen molar-refractivity contribution in [2.45, 2.75) is 6.92 Å². The summed E-state index contributed by atoms with van der Waals surface area (Å²) in [5.41, 5.74) is 7.19. The summed E-state index contributed by atoms with van der Waals surface area (Å²) in [6.45, 7) is 2.13. The van der Waals surface area contributed by atoms with E-state index in [9.17, 15) is 4.79 Å². The summed E-state index contributed by atoms with van der Waals surface area (Å²) >= 11 is 4.95. The predicted octanol–water partition coefficient (Wildman–Crippen LogP) is 0.549. The van der Waals surface area contributed by atoms with Gasteiger partial charge in [-0.25, -0.2) is 4.98 Å². The minimum absolute atomic E-state index is 0.0117. The van der Waals surface area contributed by atoms with Crippen molar-refractivity contribution < 1.29 is 4.79 Å². The quantitative estimate of drug-likeness (QED) is 0.806. The molecule has 0 atom stereocenters. The average molecular weight is 266 g/mol. The number of aromatic nitrogens is 1. The second-order valence-electron chi connectivity index (χ2n) is 4.36. The van der Waals surface area contributed by atoms with E-state index in [1.54, 1.807) is 30.0 Å². The first-order chi connectivity index (χ1) is 8.31. The summed E-state index contributed by atoms with van der Waals surface area (Å²) in [6, 6.07) is 3.62. The van der Waals surface area contributed by atoms with Crippen LogP contribution in [0.5, 0.6) is 0 Å². The lowest BCUT2D eigenvalue weighted by molar-refractivity contribution is -0.127. The van der Waals surface area contributed by atoms with E-state index in [1.807, 2.05) is 20.0 Å². The zero-order chi connectivity index (χ0) is 13.9. The van der Waals surface area contributed by atoms with Crippen molar-refractivity contribution in [2.24, 2.45) is 5.73 Å². The molecule has 0 aromatic carbocycles. The van der Waals surface area contributed by atoms with Crippen molar-refractivity contribution in [3.05, 3.63) is 23.4 Å². The molecule has 1 rings (SSSR count). The Morgan fingerprint density at radius 2 is 2.00 bits per heavy atom. The Balaban J connectivity index is 2.95. The Hall–Kier alpha value is -1.69. The van der Waals surface area contributed by atoms with E-state index in [-0.39, 0.29) is 12.5 Å². The van der Waals surface area contributed by atoms with E-state index >= 15 is 0 Å². The van der Waals surface area contributed by atoms with Crippen LogP contribution in [0.4, 0.5) is 5.82 Å². The third kappa shape index (κ3) is 3.66. The van der Waals surface area contributed by atoms with E-state index in [4.69, 9.17) is 18.0 Å². The van der Waals surface area contributed by atoms with Crippen molar-refractivity contribution in [1.82, 2.24) is 9.88 Å². The first-order valence-electron chi connectivity index (χ1n) is 5.51. The van der Waals surface area contributed by atoms with Crippen LogP contribution in [0.1, 0.15) is 11.3 Å². The number of amides is 1. The molecule has 0 aliphatic rings. The van der Waals surface area contributed by atoms with Gasteiger partial charge in [0, 0.05) is 32.4 Å². The third-order valence-corrected chi connectivity index (χ3v) is 2.72. The molecule has 1 aromatic heterocycles. The molecule has 0 saturated heterocycles. The molecule has 0 unspecified atom stereocenters. The van der Waals surface area contributed by atoms with Gasteiger partial charge in [0.15, 0.2) is 0 Å². The highest BCUT2D eigenvalue weighted by atomic mass is 32.1. The van der Waals surface area contributed by atoms with Crippen LogP contribution in [-0.4, -0.2) is 48.5 Å². The molecule has 0 aliphatic carbocycles. The summed E-state index contributed by atoms with van der Waals surface area (Å²) in [5, 5.41) is 0. The number of pyridine rings is 1. The number of hydrogen-bond acceptors (Lipinski definition) is 4. The van der Waals surface area contributed by atoms with Crippen molar-refractivity contribution in [2.75, 3.05) is 32.6 Å². The number of aryl methyl sites for hydroxylation is 1. The van der Waals surface area contributed by atoms with Gasteiger partial charge in [-0.15, -0.1) is 0 Å². The number of carbonyl (C=O) groups excluding carboxylic acids is 1. The lowest BCUT2D eigenvalue weighted by Crippen LogP contribution is -2.34. The van der Waals surface area contributed by atoms with Gasteiger partial charge in [0.2, 0.25) is 5.91 Å². The molecular formula is C12H18N4OS. The van der Waals surface area contributed by atoms with Crippen molar-refractivity contribution in [3.8, 4) is 0 Å². The molecule has 0 fully saturated rings. The van der Waals surface area contributed by atoms with Crippen LogP contribution in [0.15, 0.2) is 12.1 Å². The van der Waals surface area contributed by atoms with Crippen LogP contribution in [0.2, 0.25) is 0 Å². The smallest absolute Gasteiger partial charge is 0.241 e. The molecule has 5 nitrogen and oxygen atoms in total. The fourth-order valence-corrected chi connectivity index (χ4v) is 1.53. The van der Waals surface area contributed by atoms with E-state index in [2.05, 4.69) is 4.98 Å². The van der Waals surface area contributed by atoms with Crippen molar-refractivity contribution in [3.63, 3.8) is 0 Å². The van der Waals surface area contributed by atoms with E-state index in [1.165, 1.54) is 0 Å². The molecule has 1 aromatic rings. The number of nitrogens with two attached hydrogens (primary N) is 1. The normalized spacial score (nSPS) is 10.0. The van der Waals surface area contributed by atoms with Crippen LogP contribution in [0.25, 0.3) is 0 Å². The van der Waals surface area contributed by atoms with E-state index in [0.717, 1.165) is 11.3 Å². The Labute approximate surface area is 113 Å². The first kappa shape index (κ1) is 14.4. The summed E-state index contributed by atoms with van der Waals surface area (Å²) in [6.07, 6.45) is 0. The van der Waals surface area contributed by atoms with Gasteiger partial charge in [0.1, 0.15) is 10.8 Å². The summed E-state index contributed by atoms with van der Waals surface area (Å²) in [5.74, 6) is 0.700. The molecule has 6 heteroatoms. The Morgan fingerprint density at radius 1 is 1.39 bits per heavy atom. The second-order valence-corrected chi connectivity index (χ2v) is 4.80. The Kier molecular flexibility index (Phi) is 4.61. The molecule has 18 heavy (non-hydrogen) atoms. The molecular weight excluding hydrogens is 248 g/mol. The standard InChI is InChI=1S/C12H18N4OS/c1-8-5-9(12(13)18)6-10(14-8)16(4)7-11(17)15(2)3/h5-6H,7H2,1-4H3,(H2,13,18). The number of anilines is 1. The highest BCUT2D eigenvalue weighted by Gasteiger charge is 2.11. The maximum atomic E-state index is 11.6. The summed E-state index contributed by atoms with van der Waals surface area (Å²) < 4.78 is 0. The first-order valence-corrected chi connectivity index (χ1v) is 5.92. The van der Waals surface area contributed by atoms with Gasteiger partial charge in [-0.1, -0.05) is 12.2 Å². The minimum atomic E-state index is 0.0117. The predicted molar refractivity (Wildman–Crippen MR) is 76.8 cm³/mol. The van der Waals surface area contributed by atoms with Crippen LogP contribution < -0.4 is 10.6 Å². The number of thiocarbonyl (C=S) groups is 1. The molecule has 98 valence electrons. The topological polar surface area (TPSA) is 62.5 Å². The highest BCUT2D eigenvalue weighted by molar-refractivity contribution is 7.80. The van der Waals surface area contributed by atoms with Crippen LogP contribution in [0, 0.1) is 6.92 Å². The van der Waals surface area contributed by atoms with Crippen LogP contribution in [0.3, 0.4) is 0 Å². The van der Waals surface area contributed by atoms with Crippen molar-refractivity contribution >= 4 is 28.9 Å². The van der Waals surface area contributed by atoms with Crippen LogP contribution in [-0.2, 0) is 4.79 Å². The molecule has 0 bridgehead atoms.